The highest BCUT2D eigenvalue weighted by Crippen LogP contribution is 2.72. The van der Waals surface area contributed by atoms with Crippen LogP contribution in [0.4, 0.5) is 0 Å². The predicted molar refractivity (Wildman–Crippen MR) is 164 cm³/mol. The molecule has 3 saturated carbocycles. The van der Waals surface area contributed by atoms with Gasteiger partial charge in [-0.2, -0.15) is 0 Å². The number of allylic oxidation sites excluding steroid dienone is 1. The zero-order valence-electron chi connectivity index (χ0n) is 26.7. The van der Waals surface area contributed by atoms with E-state index >= 15 is 0 Å². The normalized spacial score (nSPS) is 40.4. The minimum absolute atomic E-state index is 0.103. The van der Waals surface area contributed by atoms with Gasteiger partial charge in [0.1, 0.15) is 6.10 Å². The van der Waals surface area contributed by atoms with Crippen LogP contribution in [0, 0.1) is 51.8 Å². The summed E-state index contributed by atoms with van der Waals surface area (Å²) in [5.41, 5.74) is 2.43. The van der Waals surface area contributed by atoms with Crippen LogP contribution < -0.4 is 0 Å². The second-order valence-corrected chi connectivity index (χ2v) is 15.3. The van der Waals surface area contributed by atoms with Crippen molar-refractivity contribution < 1.29 is 14.3 Å². The molecule has 0 amide bonds. The zero-order chi connectivity index (χ0) is 28.9. The lowest BCUT2D eigenvalue weighted by Crippen LogP contribution is -2.62. The summed E-state index contributed by atoms with van der Waals surface area (Å²) in [4.78, 5) is 13.7. The van der Waals surface area contributed by atoms with Crippen molar-refractivity contribution in [1.82, 2.24) is 0 Å². The lowest BCUT2D eigenvalue weighted by atomic mass is 9.40. The van der Waals surface area contributed by atoms with Gasteiger partial charge >= 0.3 is 5.97 Å². The summed E-state index contributed by atoms with van der Waals surface area (Å²) in [5, 5.41) is 0. The van der Waals surface area contributed by atoms with Crippen LogP contribution in [0.3, 0.4) is 0 Å². The van der Waals surface area contributed by atoms with E-state index in [0.29, 0.717) is 35.3 Å². The molecule has 0 aromatic heterocycles. The maximum atomic E-state index is 13.7. The van der Waals surface area contributed by atoms with Gasteiger partial charge in [0.15, 0.2) is 0 Å². The molecule has 222 valence electrons. The van der Waals surface area contributed by atoms with Gasteiger partial charge in [-0.1, -0.05) is 91.2 Å². The Hall–Kier alpha value is -1.61. The largest absolute Gasteiger partial charge is 0.458 e. The van der Waals surface area contributed by atoms with Crippen LogP contribution in [0.25, 0.3) is 0 Å². The Morgan fingerprint density at radius 1 is 1.00 bits per heavy atom. The van der Waals surface area contributed by atoms with Crippen LogP contribution >= 0.6 is 0 Å². The van der Waals surface area contributed by atoms with Crippen LogP contribution in [0.1, 0.15) is 117 Å². The van der Waals surface area contributed by atoms with Crippen molar-refractivity contribution in [2.75, 3.05) is 7.11 Å². The Morgan fingerprint density at radius 2 is 1.73 bits per heavy atom. The van der Waals surface area contributed by atoms with Crippen molar-refractivity contribution >= 4 is 5.97 Å². The molecule has 5 rings (SSSR count). The Kier molecular flexibility index (Phi) is 8.39. The highest BCUT2D eigenvalue weighted by Gasteiger charge is 2.67. The molecule has 0 heterocycles. The van der Waals surface area contributed by atoms with E-state index < -0.39 is 0 Å². The van der Waals surface area contributed by atoms with E-state index in [1.165, 1.54) is 25.7 Å². The van der Waals surface area contributed by atoms with E-state index in [4.69, 9.17) is 9.47 Å². The first-order chi connectivity index (χ1) is 19.0. The van der Waals surface area contributed by atoms with Crippen molar-refractivity contribution in [2.24, 2.45) is 51.8 Å². The summed E-state index contributed by atoms with van der Waals surface area (Å²) in [6, 6.07) is 9.66. The molecular weight excluding hydrogens is 492 g/mol. The molecule has 5 unspecified atom stereocenters. The first kappa shape index (κ1) is 29.9. The molecule has 40 heavy (non-hydrogen) atoms. The van der Waals surface area contributed by atoms with Crippen LogP contribution in [0.2, 0.25) is 0 Å². The molecule has 1 aromatic carbocycles. The first-order valence-electron chi connectivity index (χ1n) is 16.4. The maximum absolute atomic E-state index is 13.7. The topological polar surface area (TPSA) is 35.5 Å². The molecule has 0 N–H and O–H groups in total. The fourth-order valence-electron chi connectivity index (χ4n) is 10.1. The lowest BCUT2D eigenvalue weighted by molar-refractivity contribution is -0.157. The maximum Gasteiger partial charge on any atom is 0.338 e. The van der Waals surface area contributed by atoms with Crippen LogP contribution in [0.5, 0.6) is 0 Å². The number of esters is 1. The average molecular weight is 549 g/mol. The van der Waals surface area contributed by atoms with Crippen LogP contribution in [-0.2, 0) is 9.47 Å². The van der Waals surface area contributed by atoms with Crippen molar-refractivity contribution in [3.8, 4) is 0 Å². The molecule has 3 nitrogen and oxygen atoms in total. The smallest absolute Gasteiger partial charge is 0.338 e. The second kappa shape index (κ2) is 11.2. The number of ether oxygens (including phenoxy) is 2. The average Bonchev–Trinajstić information content (AvgIpc) is 3.28. The monoisotopic (exact) mass is 548 g/mol. The fourth-order valence-corrected chi connectivity index (χ4v) is 10.1. The van der Waals surface area contributed by atoms with E-state index in [9.17, 15) is 4.79 Å². The van der Waals surface area contributed by atoms with E-state index in [0.717, 1.165) is 43.9 Å². The minimum Gasteiger partial charge on any atom is -0.458 e. The summed E-state index contributed by atoms with van der Waals surface area (Å²) >= 11 is 0. The van der Waals surface area contributed by atoms with Crippen molar-refractivity contribution in [2.45, 2.75) is 118 Å². The summed E-state index contributed by atoms with van der Waals surface area (Å²) in [5.74, 6) is 3.88. The van der Waals surface area contributed by atoms with Gasteiger partial charge in [-0.05, 0) is 103 Å². The van der Waals surface area contributed by atoms with Crippen molar-refractivity contribution in [3.05, 3.63) is 47.5 Å². The number of methoxy groups -OCH3 is 1. The molecule has 0 radical (unpaired) electrons. The Morgan fingerprint density at radius 3 is 2.40 bits per heavy atom. The molecule has 0 saturated heterocycles. The van der Waals surface area contributed by atoms with E-state index in [-0.39, 0.29) is 28.3 Å². The van der Waals surface area contributed by atoms with Gasteiger partial charge in [0.05, 0.1) is 11.7 Å². The van der Waals surface area contributed by atoms with Gasteiger partial charge in [0, 0.05) is 12.5 Å². The van der Waals surface area contributed by atoms with Gasteiger partial charge in [0.25, 0.3) is 0 Å². The van der Waals surface area contributed by atoms with E-state index in [1.807, 2.05) is 37.4 Å². The summed E-state index contributed by atoms with van der Waals surface area (Å²) in [7, 11) is 1.87. The second-order valence-electron chi connectivity index (χ2n) is 15.3. The highest BCUT2D eigenvalue weighted by atomic mass is 16.5. The summed E-state index contributed by atoms with van der Waals surface area (Å²) in [6.07, 6.45) is 13.5. The SMILES string of the molecule is COC1CCC2(C)[C@@H](CC=C3C4CCC([C@H](C)CC[C@H](C)C(C)C)C4(C)C[C@@H](OC(=O)c4ccccc4)[C@@]32C)C1. The Labute approximate surface area is 244 Å². The van der Waals surface area contributed by atoms with Gasteiger partial charge in [-0.25, -0.2) is 4.79 Å². The number of rotatable bonds is 8. The van der Waals surface area contributed by atoms with Gasteiger partial charge in [-0.15, -0.1) is 0 Å². The zero-order valence-corrected chi connectivity index (χ0v) is 26.7. The lowest BCUT2D eigenvalue weighted by Gasteiger charge is -2.65. The number of benzene rings is 1. The number of carbonyl (C=O) groups excluding carboxylic acids is 1. The standard InChI is InChI=1S/C37H56O3/c1-24(2)25(3)14-15-26(4)30-18-19-31-32-17-16-28-22-29(39-8)20-21-36(28,6)37(32,7)33(23-35(30,31)5)40-34(38)27-12-10-9-11-13-27/h9-13,17,24-26,28-31,33H,14-16,18-23H2,1-8H3/t25-,26+,28-,29?,30?,31?,33+,35?,36?,37+/m0/s1. The Bertz CT molecular complexity index is 1080. The van der Waals surface area contributed by atoms with Gasteiger partial charge in [-0.3, -0.25) is 0 Å². The highest BCUT2D eigenvalue weighted by molar-refractivity contribution is 5.89. The molecule has 0 spiro atoms. The Balaban J connectivity index is 1.50. The van der Waals surface area contributed by atoms with Crippen LogP contribution in [-0.4, -0.2) is 25.3 Å². The first-order valence-corrected chi connectivity index (χ1v) is 16.4. The molecule has 4 aliphatic rings. The predicted octanol–water partition coefficient (Wildman–Crippen LogP) is 9.51. The van der Waals surface area contributed by atoms with Gasteiger partial charge in [0.2, 0.25) is 0 Å². The number of hydrogen-bond donors (Lipinski definition) is 0. The molecule has 0 bridgehead atoms. The fraction of sp³-hybridized carbons (Fsp3) is 0.757. The molecular formula is C37H56O3. The molecule has 3 fully saturated rings. The van der Waals surface area contributed by atoms with E-state index in [1.54, 1.807) is 5.57 Å². The van der Waals surface area contributed by atoms with E-state index in [2.05, 4.69) is 54.5 Å². The number of carbonyl (C=O) groups is 1. The van der Waals surface area contributed by atoms with Crippen molar-refractivity contribution in [3.63, 3.8) is 0 Å². The third-order valence-corrected chi connectivity index (χ3v) is 13.4. The third kappa shape index (κ3) is 4.81. The number of fused-ring (bicyclic) bond motifs is 5. The van der Waals surface area contributed by atoms with Crippen LogP contribution in [0.15, 0.2) is 42.0 Å². The van der Waals surface area contributed by atoms with Gasteiger partial charge < -0.3 is 9.47 Å². The van der Waals surface area contributed by atoms with Crippen molar-refractivity contribution in [1.29, 1.82) is 0 Å². The summed E-state index contributed by atoms with van der Waals surface area (Å²) < 4.78 is 12.6. The molecule has 0 aliphatic heterocycles. The number of hydrogen-bond acceptors (Lipinski definition) is 3. The molecule has 10 atom stereocenters. The minimum atomic E-state index is -0.155. The summed E-state index contributed by atoms with van der Waals surface area (Å²) in [6.45, 7) is 17.2. The molecule has 1 aromatic rings. The molecule has 3 heteroatoms. The third-order valence-electron chi connectivity index (χ3n) is 13.4. The molecule has 4 aliphatic carbocycles. The quantitative estimate of drug-likeness (QED) is 0.240.